The van der Waals surface area contributed by atoms with Crippen LogP contribution in [0.4, 0.5) is 0 Å². The van der Waals surface area contributed by atoms with Crippen LogP contribution in [-0.4, -0.2) is 26.3 Å². The summed E-state index contributed by atoms with van der Waals surface area (Å²) in [7, 11) is 0. The van der Waals surface area contributed by atoms with Gasteiger partial charge in [-0.05, 0) is 49.7 Å². The number of rotatable bonds is 7. The van der Waals surface area contributed by atoms with Crippen molar-refractivity contribution in [2.45, 2.75) is 50.5 Å². The van der Waals surface area contributed by atoms with Crippen molar-refractivity contribution in [3.05, 3.63) is 33.9 Å². The summed E-state index contributed by atoms with van der Waals surface area (Å²) >= 11 is 1.41. The highest BCUT2D eigenvalue weighted by atomic mass is 32.2. The maximum absolute atomic E-state index is 11.5. The van der Waals surface area contributed by atoms with Crippen molar-refractivity contribution in [2.24, 2.45) is 0 Å². The Balaban J connectivity index is 2.12. The first-order chi connectivity index (χ1) is 10.2. The summed E-state index contributed by atoms with van der Waals surface area (Å²) in [6.07, 6.45) is 2.99. The number of pyridine rings is 1. The molecule has 0 aromatic carbocycles. The van der Waals surface area contributed by atoms with Gasteiger partial charge >= 0.3 is 5.69 Å². The Bertz CT molecular complexity index is 649. The number of nitrogens with zero attached hydrogens (tertiary/aromatic N) is 3. The van der Waals surface area contributed by atoms with Crippen LogP contribution < -0.4 is 11.0 Å². The average Bonchev–Trinajstić information content (AvgIpc) is 2.82. The van der Waals surface area contributed by atoms with Crippen molar-refractivity contribution in [3.8, 4) is 0 Å². The Morgan fingerprint density at radius 1 is 1.43 bits per heavy atom. The van der Waals surface area contributed by atoms with E-state index in [2.05, 4.69) is 33.5 Å². The first-order valence-corrected chi connectivity index (χ1v) is 7.96. The molecule has 0 aliphatic carbocycles. The molecule has 0 spiro atoms. The van der Waals surface area contributed by atoms with Crippen LogP contribution in [0.3, 0.4) is 0 Å². The molecule has 2 aromatic rings. The summed E-state index contributed by atoms with van der Waals surface area (Å²) < 4.78 is 1.60. The average molecular weight is 307 g/mol. The molecule has 114 valence electrons. The predicted octanol–water partition coefficient (Wildman–Crippen LogP) is 1.95. The number of H-pyrrole nitrogens is 1. The molecule has 0 aliphatic rings. The molecule has 2 rings (SSSR count). The fraction of sp³-hybridized carbons (Fsp3) is 0.500. The first-order valence-electron chi connectivity index (χ1n) is 7.15. The lowest BCUT2D eigenvalue weighted by atomic mass is 10.2. The molecule has 0 bridgehead atoms. The molecule has 0 fully saturated rings. The molecular formula is C14H21N5OS. The minimum Gasteiger partial charge on any atom is -0.313 e. The second-order valence-corrected chi connectivity index (χ2v) is 5.76. The first kappa shape index (κ1) is 15.8. The number of hydrogen-bond acceptors (Lipinski definition) is 5. The molecule has 2 N–H and O–H groups in total. The Labute approximate surface area is 128 Å². The van der Waals surface area contributed by atoms with E-state index in [4.69, 9.17) is 0 Å². The van der Waals surface area contributed by atoms with Gasteiger partial charge < -0.3 is 5.32 Å². The quantitative estimate of drug-likeness (QED) is 0.765. The lowest BCUT2D eigenvalue weighted by Crippen LogP contribution is -2.16. The monoisotopic (exact) mass is 307 g/mol. The summed E-state index contributed by atoms with van der Waals surface area (Å²) in [5.74, 6) is 0. The van der Waals surface area contributed by atoms with Gasteiger partial charge in [0.25, 0.3) is 0 Å². The van der Waals surface area contributed by atoms with Crippen molar-refractivity contribution in [1.29, 1.82) is 0 Å². The molecule has 7 heteroatoms. The molecule has 0 atom stereocenters. The maximum Gasteiger partial charge on any atom is 0.343 e. The smallest absolute Gasteiger partial charge is 0.313 e. The molecule has 0 unspecified atom stereocenters. The van der Waals surface area contributed by atoms with E-state index in [0.29, 0.717) is 11.7 Å². The Morgan fingerprint density at radius 3 is 2.90 bits per heavy atom. The number of hydrogen-bond donors (Lipinski definition) is 2. The van der Waals surface area contributed by atoms with E-state index in [1.54, 1.807) is 4.57 Å². The van der Waals surface area contributed by atoms with Gasteiger partial charge in [0.15, 0.2) is 5.16 Å². The molecule has 0 aliphatic heterocycles. The summed E-state index contributed by atoms with van der Waals surface area (Å²) in [5, 5.41) is 11.4. The lowest BCUT2D eigenvalue weighted by molar-refractivity contribution is 0.659. The van der Waals surface area contributed by atoms with Crippen LogP contribution in [0.15, 0.2) is 27.2 Å². The second kappa shape index (κ2) is 7.42. The Kier molecular flexibility index (Phi) is 5.58. The molecule has 2 aromatic heterocycles. The van der Waals surface area contributed by atoms with Crippen LogP contribution in [-0.2, 0) is 13.1 Å². The maximum atomic E-state index is 11.5. The third-order valence-electron chi connectivity index (χ3n) is 3.07. The van der Waals surface area contributed by atoms with Crippen molar-refractivity contribution in [3.63, 3.8) is 0 Å². The predicted molar refractivity (Wildman–Crippen MR) is 83.6 cm³/mol. The van der Waals surface area contributed by atoms with E-state index in [-0.39, 0.29) is 5.69 Å². The highest BCUT2D eigenvalue weighted by molar-refractivity contribution is 7.99. The third kappa shape index (κ3) is 3.95. The van der Waals surface area contributed by atoms with Gasteiger partial charge in [-0.1, -0.05) is 13.0 Å². The highest BCUT2D eigenvalue weighted by Crippen LogP contribution is 2.26. The zero-order valence-corrected chi connectivity index (χ0v) is 13.5. The normalized spacial score (nSPS) is 11.0. The summed E-state index contributed by atoms with van der Waals surface area (Å²) in [6.45, 7) is 8.52. The number of nitrogens with one attached hydrogen (secondary N) is 2. The van der Waals surface area contributed by atoms with E-state index in [1.807, 2.05) is 20.0 Å². The van der Waals surface area contributed by atoms with Crippen molar-refractivity contribution >= 4 is 11.8 Å². The zero-order chi connectivity index (χ0) is 15.2. The van der Waals surface area contributed by atoms with E-state index in [1.165, 1.54) is 17.3 Å². The van der Waals surface area contributed by atoms with E-state index >= 15 is 0 Å². The van der Waals surface area contributed by atoms with Crippen LogP contribution >= 0.6 is 11.8 Å². The fourth-order valence-electron chi connectivity index (χ4n) is 1.98. The highest BCUT2D eigenvalue weighted by Gasteiger charge is 2.11. The fourth-order valence-corrected chi connectivity index (χ4v) is 2.89. The molecule has 21 heavy (non-hydrogen) atoms. The molecule has 2 heterocycles. The van der Waals surface area contributed by atoms with Gasteiger partial charge in [-0.25, -0.2) is 14.9 Å². The van der Waals surface area contributed by atoms with Crippen LogP contribution in [0, 0.1) is 6.92 Å². The third-order valence-corrected chi connectivity index (χ3v) is 4.19. The minimum atomic E-state index is -0.182. The van der Waals surface area contributed by atoms with E-state index in [0.717, 1.165) is 30.1 Å². The summed E-state index contributed by atoms with van der Waals surface area (Å²) in [5.41, 5.74) is 2.08. The van der Waals surface area contributed by atoms with Crippen molar-refractivity contribution < 1.29 is 0 Å². The van der Waals surface area contributed by atoms with Gasteiger partial charge in [0, 0.05) is 19.3 Å². The number of aryl methyl sites for hydroxylation is 1. The van der Waals surface area contributed by atoms with Gasteiger partial charge in [0.2, 0.25) is 0 Å². The van der Waals surface area contributed by atoms with Crippen LogP contribution in [0.5, 0.6) is 0 Å². The molecule has 0 radical (unpaired) electrons. The molecule has 0 saturated heterocycles. The second-order valence-electron chi connectivity index (χ2n) is 4.80. The van der Waals surface area contributed by atoms with Gasteiger partial charge in [-0.2, -0.15) is 0 Å². The number of aromatic amines is 1. The van der Waals surface area contributed by atoms with Crippen LogP contribution in [0.2, 0.25) is 0 Å². The van der Waals surface area contributed by atoms with Gasteiger partial charge in [0.1, 0.15) is 5.03 Å². The van der Waals surface area contributed by atoms with E-state index < -0.39 is 0 Å². The van der Waals surface area contributed by atoms with Crippen molar-refractivity contribution in [2.75, 3.05) is 6.54 Å². The zero-order valence-electron chi connectivity index (χ0n) is 12.6. The van der Waals surface area contributed by atoms with Gasteiger partial charge in [0.05, 0.1) is 0 Å². The molecule has 0 amide bonds. The molecular weight excluding hydrogens is 286 g/mol. The minimum absolute atomic E-state index is 0.182. The van der Waals surface area contributed by atoms with Crippen LogP contribution in [0.25, 0.3) is 0 Å². The Morgan fingerprint density at radius 2 is 2.24 bits per heavy atom. The van der Waals surface area contributed by atoms with E-state index in [9.17, 15) is 4.79 Å². The number of aromatic nitrogens is 4. The topological polar surface area (TPSA) is 75.6 Å². The van der Waals surface area contributed by atoms with Crippen molar-refractivity contribution in [1.82, 2.24) is 25.1 Å². The molecule has 0 saturated carbocycles. The largest absolute Gasteiger partial charge is 0.343 e. The Hall–Kier alpha value is -1.60. The van der Waals surface area contributed by atoms with Gasteiger partial charge in [-0.15, -0.1) is 5.10 Å². The molecule has 6 nitrogen and oxygen atoms in total. The standard InChI is InChI=1S/C14H21N5OS/c1-4-6-15-8-11-7-10(3)12(16-9-11)21-14-18-17-13(20)19(14)5-2/h7,9,15H,4-6,8H2,1-3H3,(H,17,20). The van der Waals surface area contributed by atoms with Crippen LogP contribution in [0.1, 0.15) is 31.4 Å². The summed E-state index contributed by atoms with van der Waals surface area (Å²) in [4.78, 5) is 16.0. The SMILES string of the molecule is CCCNCc1cnc(Sc2n[nH]c(=O)n2CC)c(C)c1. The summed E-state index contributed by atoms with van der Waals surface area (Å²) in [6, 6.07) is 2.12. The van der Waals surface area contributed by atoms with Gasteiger partial charge in [-0.3, -0.25) is 4.57 Å². The lowest BCUT2D eigenvalue weighted by Gasteiger charge is -2.08.